The van der Waals surface area contributed by atoms with Gasteiger partial charge in [0.2, 0.25) is 0 Å². The summed E-state index contributed by atoms with van der Waals surface area (Å²) < 4.78 is 1.43. The fraction of sp³-hybridized carbons (Fsp3) is 0.133. The highest BCUT2D eigenvalue weighted by Crippen LogP contribution is 2.26. The van der Waals surface area contributed by atoms with Crippen LogP contribution in [-0.4, -0.2) is 25.7 Å². The van der Waals surface area contributed by atoms with E-state index in [0.717, 1.165) is 16.8 Å². The third-order valence-electron chi connectivity index (χ3n) is 3.35. The highest BCUT2D eigenvalue weighted by atomic mass is 35.5. The SMILES string of the molecule is Cc1cccc(C)c1Nc1cc(Cl)nc2cc(C(=O)O)nn12. The van der Waals surface area contributed by atoms with Crippen molar-refractivity contribution < 1.29 is 9.90 Å². The summed E-state index contributed by atoms with van der Waals surface area (Å²) in [4.78, 5) is 15.2. The lowest BCUT2D eigenvalue weighted by molar-refractivity contribution is 0.0690. The van der Waals surface area contributed by atoms with Gasteiger partial charge in [-0.2, -0.15) is 9.61 Å². The van der Waals surface area contributed by atoms with E-state index in [1.165, 1.54) is 10.6 Å². The van der Waals surface area contributed by atoms with Gasteiger partial charge in [0.15, 0.2) is 11.3 Å². The molecule has 2 aromatic heterocycles. The number of nitrogens with one attached hydrogen (secondary N) is 1. The summed E-state index contributed by atoms with van der Waals surface area (Å²) in [6, 6.07) is 8.94. The summed E-state index contributed by atoms with van der Waals surface area (Å²) in [5.74, 6) is -0.556. The number of carboxylic acid groups (broad SMARTS) is 1. The number of carbonyl (C=O) groups is 1. The molecule has 0 aliphatic carbocycles. The van der Waals surface area contributed by atoms with Crippen molar-refractivity contribution in [3.8, 4) is 0 Å². The maximum absolute atomic E-state index is 11.1. The van der Waals surface area contributed by atoms with Crippen molar-refractivity contribution in [2.75, 3.05) is 5.32 Å². The van der Waals surface area contributed by atoms with Crippen LogP contribution in [0.25, 0.3) is 5.65 Å². The zero-order valence-corrected chi connectivity index (χ0v) is 12.7. The van der Waals surface area contributed by atoms with Gasteiger partial charge in [0.1, 0.15) is 11.0 Å². The molecule has 0 aliphatic heterocycles. The van der Waals surface area contributed by atoms with E-state index in [-0.39, 0.29) is 10.8 Å². The number of para-hydroxylation sites is 1. The van der Waals surface area contributed by atoms with Crippen molar-refractivity contribution in [2.45, 2.75) is 13.8 Å². The fourth-order valence-electron chi connectivity index (χ4n) is 2.28. The van der Waals surface area contributed by atoms with Crippen molar-refractivity contribution >= 4 is 34.7 Å². The first-order chi connectivity index (χ1) is 10.5. The van der Waals surface area contributed by atoms with Gasteiger partial charge in [0.25, 0.3) is 0 Å². The van der Waals surface area contributed by atoms with Crippen LogP contribution < -0.4 is 5.32 Å². The number of aromatic carboxylic acids is 1. The van der Waals surface area contributed by atoms with Gasteiger partial charge < -0.3 is 10.4 Å². The smallest absolute Gasteiger partial charge is 0.356 e. The van der Waals surface area contributed by atoms with Crippen LogP contribution in [0.3, 0.4) is 0 Å². The molecular formula is C15H13ClN4O2. The first-order valence-corrected chi connectivity index (χ1v) is 6.96. The predicted molar refractivity (Wildman–Crippen MR) is 84.2 cm³/mol. The van der Waals surface area contributed by atoms with Crippen LogP contribution in [0.4, 0.5) is 11.5 Å². The molecule has 3 rings (SSSR count). The number of fused-ring (bicyclic) bond motifs is 1. The van der Waals surface area contributed by atoms with E-state index in [0.29, 0.717) is 11.5 Å². The molecule has 7 heteroatoms. The van der Waals surface area contributed by atoms with Crippen molar-refractivity contribution in [3.63, 3.8) is 0 Å². The van der Waals surface area contributed by atoms with Crippen molar-refractivity contribution in [2.24, 2.45) is 0 Å². The van der Waals surface area contributed by atoms with Crippen molar-refractivity contribution in [1.82, 2.24) is 14.6 Å². The second-order valence-corrected chi connectivity index (χ2v) is 5.35. The highest BCUT2D eigenvalue weighted by Gasteiger charge is 2.14. The first kappa shape index (κ1) is 14.3. The Hall–Kier alpha value is -2.60. The second kappa shape index (κ2) is 5.31. The third kappa shape index (κ3) is 2.48. The lowest BCUT2D eigenvalue weighted by Gasteiger charge is -2.13. The Kier molecular flexibility index (Phi) is 3.46. The molecule has 0 saturated carbocycles. The molecule has 0 aliphatic rings. The standard InChI is InChI=1S/C15H13ClN4O2/c1-8-4-3-5-9(2)14(8)18-13-7-11(16)17-12-6-10(15(21)22)19-20(12)13/h3-7,18H,1-2H3,(H,21,22). The molecule has 0 saturated heterocycles. The first-order valence-electron chi connectivity index (χ1n) is 6.58. The molecule has 0 fully saturated rings. The van der Waals surface area contributed by atoms with Crippen LogP contribution in [0.15, 0.2) is 30.3 Å². The summed E-state index contributed by atoms with van der Waals surface area (Å²) in [5.41, 5.74) is 3.34. The zero-order valence-electron chi connectivity index (χ0n) is 12.0. The Labute approximate surface area is 131 Å². The topological polar surface area (TPSA) is 79.5 Å². The minimum atomic E-state index is -1.11. The van der Waals surface area contributed by atoms with Gasteiger partial charge in [-0.15, -0.1) is 0 Å². The van der Waals surface area contributed by atoms with Crippen LogP contribution in [0.1, 0.15) is 21.6 Å². The van der Waals surface area contributed by atoms with Crippen molar-refractivity contribution in [1.29, 1.82) is 0 Å². The fourth-order valence-corrected chi connectivity index (χ4v) is 2.47. The molecule has 22 heavy (non-hydrogen) atoms. The average molecular weight is 317 g/mol. The maximum Gasteiger partial charge on any atom is 0.356 e. The van der Waals surface area contributed by atoms with Crippen LogP contribution in [0.2, 0.25) is 5.15 Å². The van der Waals surface area contributed by atoms with Crippen LogP contribution in [0, 0.1) is 13.8 Å². The molecule has 0 radical (unpaired) electrons. The molecule has 1 aromatic carbocycles. The Balaban J connectivity index is 2.16. The minimum absolute atomic E-state index is 0.0840. The lowest BCUT2D eigenvalue weighted by Crippen LogP contribution is -2.04. The molecule has 0 spiro atoms. The summed E-state index contributed by atoms with van der Waals surface area (Å²) in [7, 11) is 0. The van der Waals surface area contributed by atoms with Gasteiger partial charge in [0.05, 0.1) is 0 Å². The van der Waals surface area contributed by atoms with Gasteiger partial charge in [-0.25, -0.2) is 9.78 Å². The third-order valence-corrected chi connectivity index (χ3v) is 3.54. The molecule has 3 aromatic rings. The van der Waals surface area contributed by atoms with Gasteiger partial charge in [-0.1, -0.05) is 29.8 Å². The highest BCUT2D eigenvalue weighted by molar-refractivity contribution is 6.29. The molecule has 0 unspecified atom stereocenters. The Morgan fingerprint density at radius 2 is 1.95 bits per heavy atom. The van der Waals surface area contributed by atoms with E-state index in [4.69, 9.17) is 16.7 Å². The molecule has 0 amide bonds. The maximum atomic E-state index is 11.1. The molecule has 6 nitrogen and oxygen atoms in total. The predicted octanol–water partition coefficient (Wildman–Crippen LogP) is 3.44. The number of aromatic nitrogens is 3. The van der Waals surface area contributed by atoms with E-state index in [1.807, 2.05) is 32.0 Å². The second-order valence-electron chi connectivity index (χ2n) is 4.96. The number of halogens is 1. The Morgan fingerprint density at radius 1 is 1.27 bits per heavy atom. The van der Waals surface area contributed by atoms with E-state index in [9.17, 15) is 4.79 Å². The number of nitrogens with zero attached hydrogens (tertiary/aromatic N) is 3. The Morgan fingerprint density at radius 3 is 2.59 bits per heavy atom. The van der Waals surface area contributed by atoms with E-state index in [2.05, 4.69) is 15.4 Å². The number of aryl methyl sites for hydroxylation is 2. The largest absolute Gasteiger partial charge is 0.476 e. The normalized spacial score (nSPS) is 10.9. The number of rotatable bonds is 3. The molecule has 2 heterocycles. The number of hydrogen-bond acceptors (Lipinski definition) is 4. The number of carboxylic acids is 1. The molecule has 0 atom stereocenters. The van der Waals surface area contributed by atoms with Crippen molar-refractivity contribution in [3.05, 3.63) is 52.3 Å². The number of anilines is 2. The zero-order chi connectivity index (χ0) is 15.9. The van der Waals surface area contributed by atoms with Crippen LogP contribution >= 0.6 is 11.6 Å². The van der Waals surface area contributed by atoms with E-state index < -0.39 is 5.97 Å². The van der Waals surface area contributed by atoms with Crippen LogP contribution in [0.5, 0.6) is 0 Å². The molecular weight excluding hydrogens is 304 g/mol. The lowest BCUT2D eigenvalue weighted by atomic mass is 10.1. The van der Waals surface area contributed by atoms with Gasteiger partial charge in [-0.05, 0) is 25.0 Å². The summed E-state index contributed by atoms with van der Waals surface area (Å²) in [6.07, 6.45) is 0. The van der Waals surface area contributed by atoms with Gasteiger partial charge >= 0.3 is 5.97 Å². The van der Waals surface area contributed by atoms with Gasteiger partial charge in [0, 0.05) is 17.8 Å². The number of benzene rings is 1. The van der Waals surface area contributed by atoms with E-state index >= 15 is 0 Å². The van der Waals surface area contributed by atoms with Crippen LogP contribution in [-0.2, 0) is 0 Å². The molecule has 0 bridgehead atoms. The summed E-state index contributed by atoms with van der Waals surface area (Å²) in [6.45, 7) is 3.97. The summed E-state index contributed by atoms with van der Waals surface area (Å²) >= 11 is 6.02. The minimum Gasteiger partial charge on any atom is -0.476 e. The Bertz CT molecular complexity index is 868. The van der Waals surface area contributed by atoms with Gasteiger partial charge in [-0.3, -0.25) is 0 Å². The number of hydrogen-bond donors (Lipinski definition) is 2. The summed E-state index contributed by atoms with van der Waals surface area (Å²) in [5, 5.41) is 16.6. The molecule has 2 N–H and O–H groups in total. The van der Waals surface area contributed by atoms with E-state index in [1.54, 1.807) is 6.07 Å². The molecule has 112 valence electrons. The average Bonchev–Trinajstić information content (AvgIpc) is 2.87. The quantitative estimate of drug-likeness (QED) is 0.724. The monoisotopic (exact) mass is 316 g/mol.